The van der Waals surface area contributed by atoms with E-state index < -0.39 is 84.5 Å². The lowest BCUT2D eigenvalue weighted by Gasteiger charge is -2.26. The molecule has 2 aromatic rings. The summed E-state index contributed by atoms with van der Waals surface area (Å²) in [4.78, 5) is 76.8. The van der Waals surface area contributed by atoms with E-state index in [4.69, 9.17) is 5.73 Å². The van der Waals surface area contributed by atoms with Crippen LogP contribution in [0.15, 0.2) is 54.6 Å². The minimum Gasteiger partial charge on any atom is -0.508 e. The predicted molar refractivity (Wildman–Crippen MR) is 181 cm³/mol. The van der Waals surface area contributed by atoms with E-state index in [1.807, 2.05) is 0 Å². The first-order valence-electron chi connectivity index (χ1n) is 16.1. The van der Waals surface area contributed by atoms with Gasteiger partial charge in [-0.3, -0.25) is 24.0 Å². The van der Waals surface area contributed by atoms with Crippen LogP contribution < -0.4 is 32.3 Å². The Hall–Kier alpha value is -5.06. The minimum absolute atomic E-state index is 0.0148. The fraction of sp³-hybridized carbons (Fsp3) is 0.471. The fourth-order valence-electron chi connectivity index (χ4n) is 4.84. The monoisotopic (exact) mass is 700 g/mol. The first-order valence-corrected chi connectivity index (χ1v) is 16.1. The van der Waals surface area contributed by atoms with Crippen molar-refractivity contribution in [1.29, 1.82) is 0 Å². The topological polar surface area (TPSA) is 270 Å². The van der Waals surface area contributed by atoms with Gasteiger partial charge in [0.1, 0.15) is 23.9 Å². The number of hydrogen-bond acceptors (Lipinski definition) is 10. The van der Waals surface area contributed by atoms with E-state index >= 15 is 0 Å². The van der Waals surface area contributed by atoms with Crippen LogP contribution in [0.3, 0.4) is 0 Å². The molecule has 0 unspecified atom stereocenters. The maximum absolute atomic E-state index is 13.5. The zero-order valence-corrected chi connectivity index (χ0v) is 28.5. The van der Waals surface area contributed by atoms with E-state index in [0.29, 0.717) is 11.1 Å². The van der Waals surface area contributed by atoms with E-state index in [0.717, 1.165) is 0 Å². The van der Waals surface area contributed by atoms with Crippen molar-refractivity contribution in [2.75, 3.05) is 6.54 Å². The van der Waals surface area contributed by atoms with E-state index in [2.05, 4.69) is 26.6 Å². The number of amides is 5. The first kappa shape index (κ1) is 41.1. The van der Waals surface area contributed by atoms with Gasteiger partial charge in [0, 0.05) is 6.42 Å². The molecule has 7 atom stereocenters. The molecule has 2 rings (SSSR count). The molecule has 50 heavy (non-hydrogen) atoms. The van der Waals surface area contributed by atoms with Gasteiger partial charge in [0.15, 0.2) is 6.04 Å². The number of hydrogen-bond donors (Lipinski definition) is 10. The second-order valence-electron chi connectivity index (χ2n) is 12.5. The zero-order chi connectivity index (χ0) is 37.5. The summed E-state index contributed by atoms with van der Waals surface area (Å²) in [6.07, 6.45) is -2.63. The van der Waals surface area contributed by atoms with Gasteiger partial charge in [-0.15, -0.1) is 0 Å². The molecule has 2 aromatic carbocycles. The van der Waals surface area contributed by atoms with E-state index in [1.165, 1.54) is 26.0 Å². The fourth-order valence-corrected chi connectivity index (χ4v) is 4.84. The Balaban J connectivity index is 2.12. The molecule has 0 aliphatic carbocycles. The third-order valence-electron chi connectivity index (χ3n) is 7.54. The quantitative estimate of drug-likeness (QED) is 0.0802. The number of aliphatic hydroxyl groups is 2. The number of aliphatic carboxylic acids is 1. The van der Waals surface area contributed by atoms with Crippen molar-refractivity contribution >= 4 is 35.5 Å². The van der Waals surface area contributed by atoms with E-state index in [1.54, 1.807) is 56.3 Å². The van der Waals surface area contributed by atoms with Gasteiger partial charge < -0.3 is 52.7 Å². The molecule has 16 heteroatoms. The number of phenols is 1. The number of carbonyl (C=O) groups excluding carboxylic acids is 5. The maximum Gasteiger partial charge on any atom is 0.328 e. The Labute approximate surface area is 290 Å². The number of rotatable bonds is 19. The van der Waals surface area contributed by atoms with Crippen LogP contribution in [-0.4, -0.2) is 105 Å². The Morgan fingerprint density at radius 1 is 0.660 bits per heavy atom. The first-order chi connectivity index (χ1) is 23.5. The predicted octanol–water partition coefficient (Wildman–Crippen LogP) is -1.55. The molecule has 274 valence electrons. The Morgan fingerprint density at radius 3 is 1.74 bits per heavy atom. The van der Waals surface area contributed by atoms with Crippen LogP contribution in [0.4, 0.5) is 0 Å². The molecule has 0 spiro atoms. The SMILES string of the molecule is CC(C)C[C@H](NC(=O)[C@H](Cc1ccccc1)NC(=O)CNC(=O)[C@H](NC(=O)[C@@H](N)Cc1ccc(O)cc1)[C@@H](C)O)C(=O)N[C@H](C(=O)O)[C@@H](C)O. The highest BCUT2D eigenvalue weighted by atomic mass is 16.4. The average Bonchev–Trinajstić information content (AvgIpc) is 3.04. The number of aromatic hydroxyl groups is 1. The number of benzene rings is 2. The largest absolute Gasteiger partial charge is 0.508 e. The lowest BCUT2D eigenvalue weighted by atomic mass is 10.0. The number of nitrogens with one attached hydrogen (secondary N) is 5. The number of carbonyl (C=O) groups is 6. The molecule has 0 fully saturated rings. The number of nitrogens with two attached hydrogens (primary N) is 1. The highest BCUT2D eigenvalue weighted by Gasteiger charge is 2.33. The minimum atomic E-state index is -1.62. The second-order valence-corrected chi connectivity index (χ2v) is 12.5. The van der Waals surface area contributed by atoms with Crippen molar-refractivity contribution in [1.82, 2.24) is 26.6 Å². The molecule has 0 radical (unpaired) electrons. The van der Waals surface area contributed by atoms with Crippen LogP contribution in [0.25, 0.3) is 0 Å². The molecule has 11 N–H and O–H groups in total. The lowest BCUT2D eigenvalue weighted by Crippen LogP contribution is -2.59. The number of aliphatic hydroxyl groups excluding tert-OH is 2. The molecular weight excluding hydrogens is 652 g/mol. The maximum atomic E-state index is 13.5. The molecule has 5 amide bonds. The number of phenolic OH excluding ortho intramolecular Hbond substituents is 1. The molecule has 0 aliphatic heterocycles. The summed E-state index contributed by atoms with van der Waals surface area (Å²) in [6.45, 7) is 5.38. The zero-order valence-electron chi connectivity index (χ0n) is 28.5. The van der Waals surface area contributed by atoms with Crippen molar-refractivity contribution in [3.8, 4) is 5.75 Å². The Bertz CT molecular complexity index is 1450. The molecule has 0 aromatic heterocycles. The summed E-state index contributed by atoms with van der Waals surface area (Å²) in [6, 6.07) is 8.01. The Kier molecular flexibility index (Phi) is 16.3. The second kappa shape index (κ2) is 19.8. The van der Waals surface area contributed by atoms with Gasteiger partial charge in [-0.2, -0.15) is 0 Å². The van der Waals surface area contributed by atoms with Crippen LogP contribution in [0.2, 0.25) is 0 Å². The van der Waals surface area contributed by atoms with Crippen molar-refractivity contribution in [3.05, 3.63) is 65.7 Å². The molecule has 0 saturated carbocycles. The van der Waals surface area contributed by atoms with Crippen LogP contribution in [0, 0.1) is 5.92 Å². The number of carboxylic acids is 1. The summed E-state index contributed by atoms with van der Waals surface area (Å²) in [7, 11) is 0. The van der Waals surface area contributed by atoms with Crippen LogP contribution in [-0.2, 0) is 41.6 Å². The average molecular weight is 701 g/mol. The van der Waals surface area contributed by atoms with Crippen molar-refractivity contribution < 1.29 is 49.2 Å². The van der Waals surface area contributed by atoms with Gasteiger partial charge in [-0.05, 0) is 55.9 Å². The van der Waals surface area contributed by atoms with Crippen molar-refractivity contribution in [3.63, 3.8) is 0 Å². The normalized spacial score (nSPS) is 15.3. The van der Waals surface area contributed by atoms with Crippen molar-refractivity contribution in [2.24, 2.45) is 11.7 Å². The molecular formula is C34H48N6O10. The summed E-state index contributed by atoms with van der Waals surface area (Å²) < 4.78 is 0. The van der Waals surface area contributed by atoms with Gasteiger partial charge in [0.05, 0.1) is 24.8 Å². The molecule has 0 bridgehead atoms. The standard InChI is InChI=1S/C34H48N6O10/c1-18(2)14-25(32(47)40-29(20(4)42)34(49)50)38-31(46)26(16-21-8-6-5-7-9-21)37-27(44)17-36-33(48)28(19(3)41)39-30(45)24(35)15-22-10-12-23(43)13-11-22/h5-13,18-20,24-26,28-29,41-43H,14-17,35H2,1-4H3,(H,36,48)(H,37,44)(H,38,46)(H,39,45)(H,40,47)(H,49,50)/t19-,20-,24+,25+,26+,28-,29+/m1/s1. The van der Waals surface area contributed by atoms with Gasteiger partial charge in [0.2, 0.25) is 29.5 Å². The third kappa shape index (κ3) is 13.8. The molecule has 0 aliphatic rings. The van der Waals surface area contributed by atoms with E-state index in [9.17, 15) is 49.2 Å². The van der Waals surface area contributed by atoms with Crippen LogP contribution in [0.1, 0.15) is 45.2 Å². The lowest BCUT2D eigenvalue weighted by molar-refractivity contribution is -0.145. The van der Waals surface area contributed by atoms with Crippen LogP contribution in [0.5, 0.6) is 5.75 Å². The molecule has 0 heterocycles. The third-order valence-corrected chi connectivity index (χ3v) is 7.54. The molecule has 0 saturated heterocycles. The Morgan fingerprint density at radius 2 is 1.20 bits per heavy atom. The van der Waals surface area contributed by atoms with Gasteiger partial charge in [0.25, 0.3) is 0 Å². The van der Waals surface area contributed by atoms with Crippen LogP contribution >= 0.6 is 0 Å². The summed E-state index contributed by atoms with van der Waals surface area (Å²) in [5, 5.41) is 50.9. The van der Waals surface area contributed by atoms with Gasteiger partial charge in [-0.1, -0.05) is 56.3 Å². The summed E-state index contributed by atoms with van der Waals surface area (Å²) >= 11 is 0. The highest BCUT2D eigenvalue weighted by Crippen LogP contribution is 2.12. The number of carboxylic acid groups (broad SMARTS) is 1. The summed E-state index contributed by atoms with van der Waals surface area (Å²) in [5.41, 5.74) is 7.28. The smallest absolute Gasteiger partial charge is 0.328 e. The van der Waals surface area contributed by atoms with Gasteiger partial charge >= 0.3 is 5.97 Å². The summed E-state index contributed by atoms with van der Waals surface area (Å²) in [5.74, 6) is -5.61. The van der Waals surface area contributed by atoms with Crippen molar-refractivity contribution in [2.45, 2.75) is 89.4 Å². The highest BCUT2D eigenvalue weighted by molar-refractivity contribution is 5.95. The molecule has 16 nitrogen and oxygen atoms in total. The van der Waals surface area contributed by atoms with Gasteiger partial charge in [-0.25, -0.2) is 4.79 Å². The van der Waals surface area contributed by atoms with E-state index in [-0.39, 0.29) is 30.9 Å².